The number of hydrogen-bond acceptors (Lipinski definition) is 4. The van der Waals surface area contributed by atoms with Crippen LogP contribution in [-0.2, 0) is 0 Å². The average Bonchev–Trinajstić information content (AvgIpc) is 3.09. The number of pyridine rings is 1. The first-order chi connectivity index (χ1) is 9.34. The van der Waals surface area contributed by atoms with E-state index in [1.807, 2.05) is 0 Å². The van der Waals surface area contributed by atoms with Crippen LogP contribution in [0.4, 0.5) is 18.9 Å². The van der Waals surface area contributed by atoms with Crippen molar-refractivity contribution < 1.29 is 18.0 Å². The summed E-state index contributed by atoms with van der Waals surface area (Å²) in [7, 11) is 0. The number of nitrogens with one attached hydrogen (secondary N) is 1. The van der Waals surface area contributed by atoms with Gasteiger partial charge in [0.2, 0.25) is 0 Å². The van der Waals surface area contributed by atoms with Crippen molar-refractivity contribution in [3.8, 4) is 0 Å². The van der Waals surface area contributed by atoms with E-state index in [0.717, 1.165) is 11.3 Å². The number of fused-ring (bicyclic) bond motifs is 1. The molecule has 20 heavy (non-hydrogen) atoms. The van der Waals surface area contributed by atoms with Crippen molar-refractivity contribution in [2.45, 2.75) is 24.6 Å². The first-order valence-electron chi connectivity index (χ1n) is 5.85. The van der Waals surface area contributed by atoms with Crippen LogP contribution in [-0.4, -0.2) is 22.6 Å². The summed E-state index contributed by atoms with van der Waals surface area (Å²) in [5.41, 5.74) is 3.95. The topological polar surface area (TPSA) is 68.0 Å². The van der Waals surface area contributed by atoms with E-state index in [9.17, 15) is 18.0 Å². The zero-order valence-electron chi connectivity index (χ0n) is 10.1. The highest BCUT2D eigenvalue weighted by atomic mass is 32.1. The predicted molar refractivity (Wildman–Crippen MR) is 69.5 cm³/mol. The first-order valence-corrected chi connectivity index (χ1v) is 6.67. The smallest absolute Gasteiger partial charge is 0.397 e. The Kier molecular flexibility index (Phi) is 2.69. The molecule has 2 aromatic rings. The number of carbonyl (C=O) groups excluding carboxylic acids is 1. The molecule has 0 saturated heterocycles. The van der Waals surface area contributed by atoms with Crippen molar-refractivity contribution in [2.24, 2.45) is 0 Å². The molecule has 0 aliphatic heterocycles. The van der Waals surface area contributed by atoms with Gasteiger partial charge in [0.25, 0.3) is 5.91 Å². The van der Waals surface area contributed by atoms with E-state index in [1.165, 1.54) is 12.4 Å². The molecule has 1 fully saturated rings. The maximum Gasteiger partial charge on any atom is 0.411 e. The number of halogens is 3. The van der Waals surface area contributed by atoms with E-state index in [2.05, 4.69) is 10.3 Å². The number of anilines is 1. The van der Waals surface area contributed by atoms with Crippen LogP contribution < -0.4 is 11.1 Å². The molecule has 1 saturated carbocycles. The molecule has 3 rings (SSSR count). The van der Waals surface area contributed by atoms with Crippen molar-refractivity contribution in [3.63, 3.8) is 0 Å². The fraction of sp³-hybridized carbons (Fsp3) is 0.333. The zero-order valence-corrected chi connectivity index (χ0v) is 10.9. The molecule has 2 heterocycles. The lowest BCUT2D eigenvalue weighted by atomic mass is 10.2. The Morgan fingerprint density at radius 2 is 2.15 bits per heavy atom. The molecular formula is C12H10F3N3OS. The van der Waals surface area contributed by atoms with Gasteiger partial charge in [-0.05, 0) is 18.9 Å². The maximum atomic E-state index is 12.8. The van der Waals surface area contributed by atoms with Gasteiger partial charge < -0.3 is 11.1 Å². The Morgan fingerprint density at radius 3 is 2.70 bits per heavy atom. The molecule has 3 N–H and O–H groups in total. The van der Waals surface area contributed by atoms with Gasteiger partial charge in [-0.3, -0.25) is 9.78 Å². The van der Waals surface area contributed by atoms with Crippen LogP contribution in [0, 0.1) is 0 Å². The summed E-state index contributed by atoms with van der Waals surface area (Å²) in [4.78, 5) is 16.0. The molecule has 1 aliphatic carbocycles. The second kappa shape index (κ2) is 4.08. The standard InChI is InChI=1S/C12H10F3N3OS/c13-12(14,15)11(2-3-11)18-10(19)9-8(16)6-1-4-17-5-7(6)20-9/h1,4-5H,2-3,16H2,(H,18,19). The van der Waals surface area contributed by atoms with Crippen molar-refractivity contribution in [1.29, 1.82) is 0 Å². The van der Waals surface area contributed by atoms with Crippen molar-refractivity contribution in [1.82, 2.24) is 10.3 Å². The maximum absolute atomic E-state index is 12.8. The van der Waals surface area contributed by atoms with E-state index in [0.29, 0.717) is 10.1 Å². The van der Waals surface area contributed by atoms with E-state index in [4.69, 9.17) is 5.73 Å². The minimum absolute atomic E-state index is 0.0887. The zero-order chi connectivity index (χ0) is 14.5. The summed E-state index contributed by atoms with van der Waals surface area (Å²) in [6, 6.07) is 1.63. The second-order valence-electron chi connectivity index (χ2n) is 4.75. The third-order valence-electron chi connectivity index (χ3n) is 3.38. The van der Waals surface area contributed by atoms with Crippen LogP contribution in [0.2, 0.25) is 0 Å². The first kappa shape index (κ1) is 13.2. The summed E-state index contributed by atoms with van der Waals surface area (Å²) in [5.74, 6) is -0.779. The lowest BCUT2D eigenvalue weighted by molar-refractivity contribution is -0.163. The number of carbonyl (C=O) groups is 1. The third kappa shape index (κ3) is 1.91. The summed E-state index contributed by atoms with van der Waals surface area (Å²) in [5, 5.41) is 2.70. The minimum Gasteiger partial charge on any atom is -0.397 e. The van der Waals surface area contributed by atoms with E-state index < -0.39 is 17.6 Å². The Bertz CT molecular complexity index is 691. The van der Waals surface area contributed by atoms with Gasteiger partial charge in [0.05, 0.1) is 10.4 Å². The van der Waals surface area contributed by atoms with Gasteiger partial charge in [-0.15, -0.1) is 11.3 Å². The number of hydrogen-bond donors (Lipinski definition) is 2. The molecule has 2 aromatic heterocycles. The van der Waals surface area contributed by atoms with Crippen LogP contribution in [0.1, 0.15) is 22.5 Å². The van der Waals surface area contributed by atoms with Gasteiger partial charge in [0, 0.05) is 17.8 Å². The van der Waals surface area contributed by atoms with Gasteiger partial charge in [-0.1, -0.05) is 0 Å². The monoisotopic (exact) mass is 301 g/mol. The van der Waals surface area contributed by atoms with Crippen LogP contribution in [0.3, 0.4) is 0 Å². The molecule has 0 aromatic carbocycles. The quantitative estimate of drug-likeness (QED) is 0.896. The number of amides is 1. The summed E-state index contributed by atoms with van der Waals surface area (Å²) in [6.45, 7) is 0. The van der Waals surface area contributed by atoms with Gasteiger partial charge in [0.1, 0.15) is 10.4 Å². The largest absolute Gasteiger partial charge is 0.411 e. The number of rotatable bonds is 2. The average molecular weight is 301 g/mol. The summed E-state index contributed by atoms with van der Waals surface area (Å²) < 4.78 is 39.1. The molecular weight excluding hydrogens is 291 g/mol. The summed E-state index contributed by atoms with van der Waals surface area (Å²) >= 11 is 1.04. The Hall–Kier alpha value is -1.83. The van der Waals surface area contributed by atoms with Crippen molar-refractivity contribution in [2.75, 3.05) is 5.73 Å². The molecule has 106 valence electrons. The minimum atomic E-state index is -4.43. The van der Waals surface area contributed by atoms with Crippen LogP contribution in [0.25, 0.3) is 10.1 Å². The Morgan fingerprint density at radius 1 is 1.45 bits per heavy atom. The van der Waals surface area contributed by atoms with Crippen LogP contribution in [0.15, 0.2) is 18.5 Å². The SMILES string of the molecule is Nc1c(C(=O)NC2(C(F)(F)F)CC2)sc2cnccc12. The summed E-state index contributed by atoms with van der Waals surface area (Å²) in [6.07, 6.45) is -1.56. The molecule has 1 amide bonds. The molecule has 8 heteroatoms. The fourth-order valence-corrected chi connectivity index (χ4v) is 3.00. The molecule has 0 bridgehead atoms. The lowest BCUT2D eigenvalue weighted by Gasteiger charge is -2.20. The van der Waals surface area contributed by atoms with Crippen LogP contribution >= 0.6 is 11.3 Å². The van der Waals surface area contributed by atoms with Gasteiger partial charge in [-0.2, -0.15) is 13.2 Å². The number of nitrogens with zero attached hydrogens (tertiary/aromatic N) is 1. The van der Waals surface area contributed by atoms with E-state index >= 15 is 0 Å². The highest BCUT2D eigenvalue weighted by molar-refractivity contribution is 7.21. The molecule has 0 atom stereocenters. The highest BCUT2D eigenvalue weighted by Crippen LogP contribution is 2.49. The Labute approximate surface area is 115 Å². The van der Waals surface area contributed by atoms with E-state index in [1.54, 1.807) is 6.07 Å². The molecule has 0 spiro atoms. The third-order valence-corrected chi connectivity index (χ3v) is 4.54. The van der Waals surface area contributed by atoms with Gasteiger partial charge >= 0.3 is 6.18 Å². The predicted octanol–water partition coefficient (Wildman–Crippen LogP) is 2.70. The second-order valence-corrected chi connectivity index (χ2v) is 5.80. The van der Waals surface area contributed by atoms with Gasteiger partial charge in [-0.25, -0.2) is 0 Å². The van der Waals surface area contributed by atoms with Crippen LogP contribution in [0.5, 0.6) is 0 Å². The van der Waals surface area contributed by atoms with Gasteiger partial charge in [0.15, 0.2) is 0 Å². The molecule has 1 aliphatic rings. The lowest BCUT2D eigenvalue weighted by Crippen LogP contribution is -2.47. The molecule has 0 radical (unpaired) electrons. The molecule has 4 nitrogen and oxygen atoms in total. The number of aromatic nitrogens is 1. The molecule has 0 unspecified atom stereocenters. The Balaban J connectivity index is 1.92. The highest BCUT2D eigenvalue weighted by Gasteiger charge is 2.64. The number of nitrogens with two attached hydrogens (primary N) is 1. The fourth-order valence-electron chi connectivity index (χ4n) is 2.02. The van der Waals surface area contributed by atoms with Crippen molar-refractivity contribution in [3.05, 3.63) is 23.3 Å². The number of alkyl halides is 3. The van der Waals surface area contributed by atoms with Crippen molar-refractivity contribution >= 4 is 33.0 Å². The normalized spacial score (nSPS) is 17.1. The number of nitrogen functional groups attached to an aromatic ring is 1. The number of thiophene rings is 1. The van der Waals surface area contributed by atoms with E-state index in [-0.39, 0.29) is 23.4 Å².